The molecule has 37 heavy (non-hydrogen) atoms. The number of anilines is 1. The number of amides is 1. The van der Waals surface area contributed by atoms with E-state index >= 15 is 0 Å². The highest BCUT2D eigenvalue weighted by atomic mass is 32.2. The van der Waals surface area contributed by atoms with Crippen molar-refractivity contribution in [3.63, 3.8) is 0 Å². The van der Waals surface area contributed by atoms with Crippen LogP contribution in [0.5, 0.6) is 0 Å². The average molecular weight is 567 g/mol. The van der Waals surface area contributed by atoms with E-state index < -0.39 is 30.7 Å². The zero-order valence-electron chi connectivity index (χ0n) is 19.6. The van der Waals surface area contributed by atoms with E-state index in [4.69, 9.17) is 4.74 Å². The minimum Gasteiger partial charge on any atom is -0.373 e. The van der Waals surface area contributed by atoms with Gasteiger partial charge in [0.15, 0.2) is 5.13 Å². The Bertz CT molecular complexity index is 1530. The van der Waals surface area contributed by atoms with Gasteiger partial charge >= 0.3 is 0 Å². The number of benzene rings is 2. The second-order valence-electron chi connectivity index (χ2n) is 8.30. The first kappa shape index (κ1) is 26.8. The molecule has 196 valence electrons. The molecule has 15 heteroatoms. The lowest BCUT2D eigenvalue weighted by atomic mass is 10.2. The summed E-state index contributed by atoms with van der Waals surface area (Å²) in [7, 11) is -7.77. The van der Waals surface area contributed by atoms with Crippen LogP contribution in [0.25, 0.3) is 0 Å². The number of thiazole rings is 1. The third-order valence-corrected chi connectivity index (χ3v) is 10.5. The van der Waals surface area contributed by atoms with E-state index in [-0.39, 0.29) is 55.7 Å². The molecule has 2 atom stereocenters. The van der Waals surface area contributed by atoms with E-state index in [9.17, 15) is 31.7 Å². The van der Waals surface area contributed by atoms with Crippen LogP contribution >= 0.6 is 11.3 Å². The molecule has 2 heterocycles. The number of ether oxygens (including phenoxy) is 1. The molecule has 1 aliphatic heterocycles. The summed E-state index contributed by atoms with van der Waals surface area (Å²) < 4.78 is 58.4. The minimum atomic E-state index is -4.00. The van der Waals surface area contributed by atoms with Crippen molar-refractivity contribution >= 4 is 47.9 Å². The van der Waals surface area contributed by atoms with E-state index in [1.54, 1.807) is 13.8 Å². The third-order valence-electron chi connectivity index (χ3n) is 5.47. The third kappa shape index (κ3) is 5.70. The molecule has 0 bridgehead atoms. The number of morpholine rings is 1. The van der Waals surface area contributed by atoms with Gasteiger partial charge in [0.2, 0.25) is 19.9 Å². The van der Waals surface area contributed by atoms with Crippen LogP contribution in [-0.2, 0) is 24.6 Å². The highest BCUT2D eigenvalue weighted by molar-refractivity contribution is 7.93. The van der Waals surface area contributed by atoms with E-state index in [2.05, 4.69) is 10.3 Å². The van der Waals surface area contributed by atoms with Crippen LogP contribution in [0.2, 0.25) is 0 Å². The lowest BCUT2D eigenvalue weighted by Gasteiger charge is -2.34. The number of hydrogen-bond acceptors (Lipinski definition) is 10. The number of aromatic nitrogens is 1. The molecule has 1 N–H and O–H groups in total. The summed E-state index contributed by atoms with van der Waals surface area (Å²) >= 11 is 0.715. The predicted octanol–water partition coefficient (Wildman–Crippen LogP) is 2.93. The summed E-state index contributed by atoms with van der Waals surface area (Å²) in [6.07, 6.45) is 0.601. The van der Waals surface area contributed by atoms with E-state index in [1.807, 2.05) is 0 Å². The monoisotopic (exact) mass is 566 g/mol. The number of nitrogens with zero attached hydrogens (tertiary/aromatic N) is 3. The van der Waals surface area contributed by atoms with Gasteiger partial charge in [-0.25, -0.2) is 21.8 Å². The van der Waals surface area contributed by atoms with Crippen LogP contribution in [0.3, 0.4) is 0 Å². The van der Waals surface area contributed by atoms with Crippen molar-refractivity contribution < 1.29 is 31.3 Å². The first-order valence-corrected chi connectivity index (χ1v) is 14.6. The van der Waals surface area contributed by atoms with Gasteiger partial charge in [0.25, 0.3) is 11.6 Å². The first-order valence-electron chi connectivity index (χ1n) is 10.9. The minimum absolute atomic E-state index is 0.0125. The molecule has 1 aromatic heterocycles. The summed E-state index contributed by atoms with van der Waals surface area (Å²) in [6, 6.07) is 9.80. The van der Waals surface area contributed by atoms with Gasteiger partial charge in [-0.05, 0) is 50.2 Å². The number of nitro benzene ring substituents is 1. The van der Waals surface area contributed by atoms with Crippen LogP contribution in [0, 0.1) is 10.1 Å². The number of sulfone groups is 1. The Balaban J connectivity index is 1.46. The van der Waals surface area contributed by atoms with E-state index in [0.717, 1.165) is 30.5 Å². The molecule has 1 amide bonds. The van der Waals surface area contributed by atoms with Gasteiger partial charge < -0.3 is 4.74 Å². The number of carbonyl (C=O) groups excluding carboxylic acids is 1. The normalized spacial score (nSPS) is 18.9. The van der Waals surface area contributed by atoms with Gasteiger partial charge in [-0.3, -0.25) is 20.2 Å². The second kappa shape index (κ2) is 10.3. The zero-order chi connectivity index (χ0) is 27.0. The van der Waals surface area contributed by atoms with Crippen molar-refractivity contribution in [1.29, 1.82) is 0 Å². The second-order valence-corrected chi connectivity index (χ2v) is 13.4. The van der Waals surface area contributed by atoms with Crippen LogP contribution in [0.15, 0.2) is 68.7 Å². The maximum absolute atomic E-state index is 13.0. The molecule has 0 spiro atoms. The van der Waals surface area contributed by atoms with Crippen LogP contribution < -0.4 is 5.32 Å². The summed E-state index contributed by atoms with van der Waals surface area (Å²) in [5.74, 6) is -0.605. The fraction of sp³-hybridized carbons (Fsp3) is 0.273. The Morgan fingerprint density at radius 3 is 2.16 bits per heavy atom. The maximum atomic E-state index is 13.0. The molecule has 4 rings (SSSR count). The van der Waals surface area contributed by atoms with E-state index in [0.29, 0.717) is 11.3 Å². The van der Waals surface area contributed by atoms with Gasteiger partial charge in [0, 0.05) is 30.8 Å². The van der Waals surface area contributed by atoms with Gasteiger partial charge in [-0.1, -0.05) is 11.3 Å². The molecular weight excluding hydrogens is 544 g/mol. The molecule has 1 aliphatic rings. The SMILES string of the molecule is CC1CN(S(=O)(=O)c2ccc(C(=O)Nc3ncc(S(=O)(=O)c4ccc([N+](=O)[O-])cc4)s3)cc2)CC(C)O1. The number of carbonyl (C=O) groups is 1. The maximum Gasteiger partial charge on any atom is 0.269 e. The quantitative estimate of drug-likeness (QED) is 0.334. The molecule has 0 saturated carbocycles. The van der Waals surface area contributed by atoms with Gasteiger partial charge in [0.1, 0.15) is 4.21 Å². The van der Waals surface area contributed by atoms with Crippen LogP contribution in [0.1, 0.15) is 24.2 Å². The van der Waals surface area contributed by atoms with Crippen molar-refractivity contribution in [2.75, 3.05) is 18.4 Å². The molecule has 1 fully saturated rings. The largest absolute Gasteiger partial charge is 0.373 e. The molecule has 1 saturated heterocycles. The number of nitrogens with one attached hydrogen (secondary N) is 1. The fourth-order valence-electron chi connectivity index (χ4n) is 3.73. The highest BCUT2D eigenvalue weighted by Gasteiger charge is 2.32. The van der Waals surface area contributed by atoms with E-state index in [1.165, 1.54) is 28.6 Å². The van der Waals surface area contributed by atoms with Crippen molar-refractivity contribution in [3.8, 4) is 0 Å². The smallest absolute Gasteiger partial charge is 0.269 e. The lowest BCUT2D eigenvalue weighted by molar-refractivity contribution is -0.384. The number of rotatable bonds is 7. The summed E-state index contributed by atoms with van der Waals surface area (Å²) in [4.78, 5) is 26.6. The Hall–Kier alpha value is -3.24. The van der Waals surface area contributed by atoms with Crippen LogP contribution in [-0.4, -0.2) is 62.3 Å². The molecule has 2 aromatic carbocycles. The van der Waals surface area contributed by atoms with Crippen molar-refractivity contribution in [1.82, 2.24) is 9.29 Å². The number of nitro groups is 1. The topological polar surface area (TPSA) is 166 Å². The molecular formula is C22H22N4O8S3. The molecule has 3 aromatic rings. The Morgan fingerprint density at radius 1 is 1.03 bits per heavy atom. The highest BCUT2D eigenvalue weighted by Crippen LogP contribution is 2.30. The molecule has 12 nitrogen and oxygen atoms in total. The zero-order valence-corrected chi connectivity index (χ0v) is 22.0. The lowest BCUT2D eigenvalue weighted by Crippen LogP contribution is -2.48. The Morgan fingerprint density at radius 2 is 1.59 bits per heavy atom. The average Bonchev–Trinajstić information content (AvgIpc) is 3.33. The van der Waals surface area contributed by atoms with Crippen molar-refractivity contribution in [2.24, 2.45) is 0 Å². The van der Waals surface area contributed by atoms with Gasteiger partial charge in [-0.2, -0.15) is 4.31 Å². The predicted molar refractivity (Wildman–Crippen MR) is 134 cm³/mol. The molecule has 0 radical (unpaired) electrons. The number of sulfonamides is 1. The standard InChI is InChI=1S/C22H22N4O8S3/c1-14-12-25(13-15(2)34-14)37(32,33)19-7-3-16(4-8-19)21(27)24-22-23-11-20(35-22)36(30,31)18-9-5-17(6-10-18)26(28)29/h3-11,14-15H,12-13H2,1-2H3,(H,23,24,27). The number of hydrogen-bond donors (Lipinski definition) is 1. The van der Waals surface area contributed by atoms with Gasteiger partial charge in [0.05, 0.1) is 33.1 Å². The molecule has 2 unspecified atom stereocenters. The Labute approximate surface area is 217 Å². The van der Waals surface area contributed by atoms with Gasteiger partial charge in [-0.15, -0.1) is 0 Å². The summed E-state index contributed by atoms with van der Waals surface area (Å²) in [6.45, 7) is 4.05. The summed E-state index contributed by atoms with van der Waals surface area (Å²) in [5.41, 5.74) is -0.0956. The van der Waals surface area contributed by atoms with Crippen LogP contribution in [0.4, 0.5) is 10.8 Å². The summed E-state index contributed by atoms with van der Waals surface area (Å²) in [5, 5.41) is 13.3. The van der Waals surface area contributed by atoms with Crippen molar-refractivity contribution in [3.05, 3.63) is 70.4 Å². The first-order chi connectivity index (χ1) is 17.4. The number of non-ortho nitro benzene ring substituents is 1. The molecule has 0 aliphatic carbocycles. The van der Waals surface area contributed by atoms with Crippen molar-refractivity contribution in [2.45, 2.75) is 40.1 Å². The Kier molecular flexibility index (Phi) is 7.43. The fourth-order valence-corrected chi connectivity index (χ4v) is 7.75.